The summed E-state index contributed by atoms with van der Waals surface area (Å²) in [4.78, 5) is -0.148. The van der Waals surface area contributed by atoms with Crippen molar-refractivity contribution in [2.24, 2.45) is 0 Å². The summed E-state index contributed by atoms with van der Waals surface area (Å²) in [5, 5.41) is 9.20. The highest BCUT2D eigenvalue weighted by Gasteiger charge is 2.21. The number of hydrogen-bond donors (Lipinski definition) is 0. The monoisotopic (exact) mass is 343 g/mol. The van der Waals surface area contributed by atoms with Crippen LogP contribution < -0.4 is 0 Å². The Morgan fingerprint density at radius 3 is 2.52 bits per heavy atom. The molecule has 0 aliphatic heterocycles. The molecule has 0 N–H and O–H groups in total. The molecule has 0 aliphatic carbocycles. The van der Waals surface area contributed by atoms with Gasteiger partial charge in [0, 0.05) is 5.02 Å². The Morgan fingerprint density at radius 1 is 1.14 bits per heavy atom. The molecule has 7 heteroatoms. The molecule has 0 bridgehead atoms. The highest BCUT2D eigenvalue weighted by Crippen LogP contribution is 2.28. The molecule has 2 rings (SSSR count). The van der Waals surface area contributed by atoms with Crippen LogP contribution in [0.15, 0.2) is 41.3 Å². The first-order valence-corrected chi connectivity index (χ1v) is 8.10. The Bertz CT molecular complexity index is 845. The van der Waals surface area contributed by atoms with Gasteiger partial charge in [0.25, 0.3) is 0 Å². The van der Waals surface area contributed by atoms with E-state index in [0.29, 0.717) is 0 Å². The normalized spacial score (nSPS) is 11.1. The van der Waals surface area contributed by atoms with E-state index < -0.39 is 21.4 Å². The van der Waals surface area contributed by atoms with Crippen LogP contribution in [0.3, 0.4) is 0 Å². The van der Waals surface area contributed by atoms with Gasteiger partial charge in [0.15, 0.2) is 9.84 Å². The average Bonchev–Trinajstić information content (AvgIpc) is 2.41. The van der Waals surface area contributed by atoms with Crippen molar-refractivity contribution >= 4 is 33.0 Å². The van der Waals surface area contributed by atoms with Crippen LogP contribution in [0.4, 0.5) is 4.39 Å². The van der Waals surface area contributed by atoms with Crippen molar-refractivity contribution in [1.82, 2.24) is 0 Å². The van der Waals surface area contributed by atoms with Gasteiger partial charge in [0.1, 0.15) is 5.82 Å². The topological polar surface area (TPSA) is 57.9 Å². The number of nitrogens with zero attached hydrogens (tertiary/aromatic N) is 1. The van der Waals surface area contributed by atoms with Gasteiger partial charge in [0.05, 0.1) is 27.3 Å². The second kappa shape index (κ2) is 6.02. The lowest BCUT2D eigenvalue weighted by atomic mass is 10.1. The summed E-state index contributed by atoms with van der Waals surface area (Å²) in [6, 6.07) is 9.25. The molecule has 21 heavy (non-hydrogen) atoms. The lowest BCUT2D eigenvalue weighted by Crippen LogP contribution is -2.07. The fourth-order valence-corrected chi connectivity index (χ4v) is 3.97. The predicted molar refractivity (Wildman–Crippen MR) is 78.5 cm³/mol. The summed E-state index contributed by atoms with van der Waals surface area (Å²) < 4.78 is 38.0. The lowest BCUT2D eigenvalue weighted by Gasteiger charge is -2.08. The Hall–Kier alpha value is -1.61. The summed E-state index contributed by atoms with van der Waals surface area (Å²) in [5.74, 6) is -1.15. The first kappa shape index (κ1) is 15.8. The molecule has 0 atom stereocenters. The minimum absolute atomic E-state index is 0.0225. The molecule has 0 amide bonds. The minimum atomic E-state index is -3.85. The van der Waals surface area contributed by atoms with Crippen LogP contribution in [0.1, 0.15) is 11.1 Å². The Labute approximate surface area is 131 Å². The number of nitriles is 1. The molecule has 0 spiro atoms. The van der Waals surface area contributed by atoms with Crippen LogP contribution in [0.5, 0.6) is 0 Å². The first-order chi connectivity index (χ1) is 9.83. The third-order valence-corrected chi connectivity index (χ3v) is 5.14. The largest absolute Gasteiger partial charge is 0.223 e. The smallest absolute Gasteiger partial charge is 0.184 e. The van der Waals surface area contributed by atoms with Crippen LogP contribution in [0.25, 0.3) is 0 Å². The zero-order chi connectivity index (χ0) is 15.6. The van der Waals surface area contributed by atoms with Crippen LogP contribution in [-0.2, 0) is 15.6 Å². The van der Waals surface area contributed by atoms with Crippen molar-refractivity contribution in [1.29, 1.82) is 5.26 Å². The second-order valence-corrected chi connectivity index (χ2v) is 7.05. The van der Waals surface area contributed by atoms with Crippen molar-refractivity contribution in [3.05, 3.63) is 63.4 Å². The van der Waals surface area contributed by atoms with E-state index in [1.54, 1.807) is 0 Å². The third-order valence-electron chi connectivity index (χ3n) is 2.76. The fourth-order valence-electron chi connectivity index (χ4n) is 1.79. The molecule has 0 radical (unpaired) electrons. The van der Waals surface area contributed by atoms with Gasteiger partial charge < -0.3 is 0 Å². The highest BCUT2D eigenvalue weighted by molar-refractivity contribution is 7.90. The average molecular weight is 344 g/mol. The van der Waals surface area contributed by atoms with Crippen molar-refractivity contribution in [2.45, 2.75) is 10.6 Å². The van der Waals surface area contributed by atoms with Crippen molar-refractivity contribution < 1.29 is 12.8 Å². The minimum Gasteiger partial charge on any atom is -0.223 e. The SMILES string of the molecule is N#Cc1ccc(F)cc1CS(=O)(=O)c1cc(Cl)ccc1Cl. The molecule has 0 heterocycles. The summed E-state index contributed by atoms with van der Waals surface area (Å²) in [7, 11) is -3.85. The van der Waals surface area contributed by atoms with E-state index in [1.807, 2.05) is 6.07 Å². The van der Waals surface area contributed by atoms with E-state index in [1.165, 1.54) is 24.3 Å². The first-order valence-electron chi connectivity index (χ1n) is 5.70. The van der Waals surface area contributed by atoms with E-state index >= 15 is 0 Å². The van der Waals surface area contributed by atoms with Gasteiger partial charge >= 0.3 is 0 Å². The molecular weight excluding hydrogens is 336 g/mol. The van der Waals surface area contributed by atoms with Crippen LogP contribution in [0.2, 0.25) is 10.0 Å². The summed E-state index contributed by atoms with van der Waals surface area (Å²) >= 11 is 11.6. The van der Waals surface area contributed by atoms with Gasteiger partial charge in [-0.05, 0) is 42.0 Å². The highest BCUT2D eigenvalue weighted by atomic mass is 35.5. The molecule has 0 fully saturated rings. The molecule has 0 unspecified atom stereocenters. The number of sulfone groups is 1. The van der Waals surface area contributed by atoms with Gasteiger partial charge in [-0.1, -0.05) is 23.2 Å². The maximum atomic E-state index is 13.3. The molecule has 0 saturated heterocycles. The van der Waals surface area contributed by atoms with Gasteiger partial charge in [-0.25, -0.2) is 12.8 Å². The lowest BCUT2D eigenvalue weighted by molar-refractivity contribution is 0.594. The molecule has 2 aromatic rings. The number of halogens is 3. The number of benzene rings is 2. The molecule has 108 valence electrons. The summed E-state index contributed by atoms with van der Waals surface area (Å²) in [6.07, 6.45) is 0. The van der Waals surface area contributed by atoms with Crippen LogP contribution in [0, 0.1) is 17.1 Å². The van der Waals surface area contributed by atoms with Gasteiger partial charge in [-0.15, -0.1) is 0 Å². The maximum Gasteiger partial charge on any atom is 0.184 e. The Balaban J connectivity index is 2.50. The molecule has 0 saturated carbocycles. The summed E-state index contributed by atoms with van der Waals surface area (Å²) in [5.41, 5.74) is 0.173. The Morgan fingerprint density at radius 2 is 1.86 bits per heavy atom. The van der Waals surface area contributed by atoms with Crippen molar-refractivity contribution in [3.63, 3.8) is 0 Å². The van der Waals surface area contributed by atoms with Crippen molar-refractivity contribution in [2.75, 3.05) is 0 Å². The molecule has 3 nitrogen and oxygen atoms in total. The van der Waals surface area contributed by atoms with E-state index in [9.17, 15) is 12.8 Å². The van der Waals surface area contributed by atoms with Crippen molar-refractivity contribution in [3.8, 4) is 6.07 Å². The fraction of sp³-hybridized carbons (Fsp3) is 0.0714. The molecule has 0 aromatic heterocycles. The van der Waals surface area contributed by atoms with Gasteiger partial charge in [-0.2, -0.15) is 5.26 Å². The standard InChI is InChI=1S/C14H8Cl2FNO2S/c15-11-2-4-13(16)14(6-11)21(19,20)8-10-5-12(17)3-1-9(10)7-18/h1-6H,8H2. The van der Waals surface area contributed by atoms with Gasteiger partial charge in [0.2, 0.25) is 0 Å². The second-order valence-electron chi connectivity index (χ2n) is 4.25. The summed E-state index contributed by atoms with van der Waals surface area (Å²) in [6.45, 7) is 0. The van der Waals surface area contributed by atoms with E-state index in [2.05, 4.69) is 0 Å². The third kappa shape index (κ3) is 3.53. The maximum absolute atomic E-state index is 13.3. The van der Waals surface area contributed by atoms with E-state index in [4.69, 9.17) is 28.5 Å². The molecule has 0 aliphatic rings. The predicted octanol–water partition coefficient (Wildman–Crippen LogP) is 3.98. The Kier molecular flexibility index (Phi) is 4.52. The molecule has 2 aromatic carbocycles. The zero-order valence-electron chi connectivity index (χ0n) is 10.5. The molecular formula is C14H8Cl2FNO2S. The number of rotatable bonds is 3. The van der Waals surface area contributed by atoms with E-state index in [0.717, 1.165) is 12.1 Å². The zero-order valence-corrected chi connectivity index (χ0v) is 12.8. The van der Waals surface area contributed by atoms with E-state index in [-0.39, 0.29) is 26.1 Å². The quantitative estimate of drug-likeness (QED) is 0.846. The number of hydrogen-bond acceptors (Lipinski definition) is 3. The van der Waals surface area contributed by atoms with Gasteiger partial charge in [-0.3, -0.25) is 0 Å². The van der Waals surface area contributed by atoms with Crippen LogP contribution >= 0.6 is 23.2 Å². The van der Waals surface area contributed by atoms with Crippen LogP contribution in [-0.4, -0.2) is 8.42 Å².